The number of nitrogens with two attached hydrogens (primary N) is 1. The van der Waals surface area contributed by atoms with Crippen LogP contribution in [0.4, 0.5) is 11.4 Å². The van der Waals surface area contributed by atoms with Gasteiger partial charge in [-0.05, 0) is 22.4 Å². The highest BCUT2D eigenvalue weighted by Gasteiger charge is 2.40. The lowest BCUT2D eigenvalue weighted by atomic mass is 10.0. The zero-order valence-corrected chi connectivity index (χ0v) is 11.0. The smallest absolute Gasteiger partial charge is 0.171 e. The van der Waals surface area contributed by atoms with E-state index in [9.17, 15) is 0 Å². The summed E-state index contributed by atoms with van der Waals surface area (Å²) in [5.74, 6) is -0.370. The van der Waals surface area contributed by atoms with Gasteiger partial charge in [-0.1, -0.05) is 0 Å². The van der Waals surface area contributed by atoms with Gasteiger partial charge in [-0.15, -0.1) is 0 Å². The molecule has 106 valence electrons. The summed E-state index contributed by atoms with van der Waals surface area (Å²) < 4.78 is 16.3. The molecule has 0 amide bonds. The highest BCUT2D eigenvalue weighted by Crippen LogP contribution is 2.35. The van der Waals surface area contributed by atoms with Crippen molar-refractivity contribution in [2.75, 3.05) is 36.9 Å². The van der Waals surface area contributed by atoms with Crippen LogP contribution in [0.1, 0.15) is 12.8 Å². The van der Waals surface area contributed by atoms with Gasteiger partial charge in [0.15, 0.2) is 16.8 Å². The van der Waals surface area contributed by atoms with Gasteiger partial charge in [0.25, 0.3) is 0 Å². The van der Waals surface area contributed by atoms with Crippen molar-refractivity contribution in [1.82, 2.24) is 10.3 Å². The fraction of sp³-hybridized carbons (Fsp3) is 0.538. The Balaban J connectivity index is 1.61. The normalized spacial score (nSPS) is 21.9. The van der Waals surface area contributed by atoms with Crippen LogP contribution in [0.25, 0.3) is 11.0 Å². The maximum absolute atomic E-state index is 5.87. The van der Waals surface area contributed by atoms with E-state index in [2.05, 4.69) is 15.2 Å². The number of rotatable bonds is 1. The van der Waals surface area contributed by atoms with Gasteiger partial charge >= 0.3 is 0 Å². The number of fused-ring (bicyclic) bond motifs is 1. The van der Waals surface area contributed by atoms with Crippen LogP contribution in [-0.4, -0.2) is 42.4 Å². The third kappa shape index (κ3) is 1.74. The zero-order chi connectivity index (χ0) is 13.6. The molecule has 2 aliphatic heterocycles. The molecule has 0 radical (unpaired) electrons. The van der Waals surface area contributed by atoms with Gasteiger partial charge < -0.3 is 20.1 Å². The van der Waals surface area contributed by atoms with Crippen molar-refractivity contribution >= 4 is 22.4 Å². The molecule has 2 saturated heterocycles. The van der Waals surface area contributed by atoms with Crippen LogP contribution in [0, 0.1) is 0 Å². The molecule has 1 spiro atoms. The Morgan fingerprint density at radius 1 is 1.05 bits per heavy atom. The van der Waals surface area contributed by atoms with Crippen molar-refractivity contribution in [3.63, 3.8) is 0 Å². The number of nitrogens with zero attached hydrogens (tertiary/aromatic N) is 3. The van der Waals surface area contributed by atoms with E-state index in [0.29, 0.717) is 29.9 Å². The summed E-state index contributed by atoms with van der Waals surface area (Å²) in [6.07, 6.45) is 1.70. The van der Waals surface area contributed by atoms with Gasteiger partial charge in [-0.3, -0.25) is 0 Å². The first-order chi connectivity index (χ1) is 9.77. The van der Waals surface area contributed by atoms with Crippen LogP contribution in [0.3, 0.4) is 0 Å². The van der Waals surface area contributed by atoms with Crippen molar-refractivity contribution in [1.29, 1.82) is 0 Å². The second kappa shape index (κ2) is 4.32. The van der Waals surface area contributed by atoms with E-state index in [1.165, 1.54) is 0 Å². The lowest BCUT2D eigenvalue weighted by Crippen LogP contribution is -2.45. The van der Waals surface area contributed by atoms with E-state index in [1.54, 1.807) is 0 Å². The van der Waals surface area contributed by atoms with E-state index in [0.717, 1.165) is 31.6 Å². The number of ether oxygens (including phenoxy) is 2. The Morgan fingerprint density at radius 2 is 1.75 bits per heavy atom. The molecule has 7 nitrogen and oxygen atoms in total. The van der Waals surface area contributed by atoms with Crippen molar-refractivity contribution in [2.45, 2.75) is 18.6 Å². The molecule has 1 aromatic heterocycles. The lowest BCUT2D eigenvalue weighted by molar-refractivity contribution is -0.169. The Labute approximate surface area is 115 Å². The van der Waals surface area contributed by atoms with E-state index in [1.807, 2.05) is 12.1 Å². The molecule has 20 heavy (non-hydrogen) atoms. The van der Waals surface area contributed by atoms with Gasteiger partial charge in [-0.25, -0.2) is 4.63 Å². The van der Waals surface area contributed by atoms with Crippen molar-refractivity contribution in [2.24, 2.45) is 0 Å². The van der Waals surface area contributed by atoms with Gasteiger partial charge in [-0.2, -0.15) is 0 Å². The molecule has 4 rings (SSSR count). The molecule has 0 unspecified atom stereocenters. The molecular weight excluding hydrogens is 260 g/mol. The Kier molecular flexibility index (Phi) is 2.58. The van der Waals surface area contributed by atoms with Gasteiger partial charge in [0.05, 0.1) is 24.6 Å². The first kappa shape index (κ1) is 11.9. The Bertz CT molecular complexity index is 626. The molecule has 3 heterocycles. The maximum atomic E-state index is 5.87. The Hall–Kier alpha value is -1.86. The van der Waals surface area contributed by atoms with E-state index < -0.39 is 0 Å². The molecule has 2 N–H and O–H groups in total. The molecule has 0 aliphatic carbocycles. The fourth-order valence-corrected chi connectivity index (χ4v) is 3.00. The summed E-state index contributed by atoms with van der Waals surface area (Å²) in [6, 6.07) is 3.81. The number of aromatic nitrogens is 2. The minimum Gasteiger partial charge on any atom is -0.397 e. The molecule has 0 saturated carbocycles. The largest absolute Gasteiger partial charge is 0.397 e. The van der Waals surface area contributed by atoms with E-state index >= 15 is 0 Å². The third-order valence-corrected chi connectivity index (χ3v) is 4.10. The van der Waals surface area contributed by atoms with Crippen molar-refractivity contribution in [3.05, 3.63) is 12.1 Å². The minimum absolute atomic E-state index is 0.370. The van der Waals surface area contributed by atoms with Gasteiger partial charge in [0.2, 0.25) is 0 Å². The predicted octanol–water partition coefficient (Wildman–Crippen LogP) is 1.15. The van der Waals surface area contributed by atoms with Gasteiger partial charge in [0, 0.05) is 25.9 Å². The van der Waals surface area contributed by atoms with E-state index in [-0.39, 0.29) is 5.79 Å². The molecule has 2 aromatic rings. The van der Waals surface area contributed by atoms with Crippen LogP contribution in [0.15, 0.2) is 16.8 Å². The quantitative estimate of drug-likeness (QED) is 0.782. The summed E-state index contributed by atoms with van der Waals surface area (Å²) in [4.78, 5) is 2.25. The summed E-state index contributed by atoms with van der Waals surface area (Å²) >= 11 is 0. The molecule has 2 aliphatic rings. The van der Waals surface area contributed by atoms with Crippen LogP contribution in [0.5, 0.6) is 0 Å². The molecule has 0 bridgehead atoms. The van der Waals surface area contributed by atoms with Crippen LogP contribution in [-0.2, 0) is 9.47 Å². The molecule has 0 atom stereocenters. The predicted molar refractivity (Wildman–Crippen MR) is 72.3 cm³/mol. The van der Waals surface area contributed by atoms with Crippen molar-refractivity contribution in [3.8, 4) is 0 Å². The summed E-state index contributed by atoms with van der Waals surface area (Å²) in [7, 11) is 0. The first-order valence-electron chi connectivity index (χ1n) is 6.81. The topological polar surface area (TPSA) is 86.6 Å². The van der Waals surface area contributed by atoms with Gasteiger partial charge in [0.1, 0.15) is 0 Å². The highest BCUT2D eigenvalue weighted by atomic mass is 16.7. The van der Waals surface area contributed by atoms with Crippen LogP contribution < -0.4 is 10.6 Å². The average Bonchev–Trinajstić information content (AvgIpc) is 3.11. The summed E-state index contributed by atoms with van der Waals surface area (Å²) in [5.41, 5.74) is 8.80. The highest BCUT2D eigenvalue weighted by molar-refractivity contribution is 5.95. The number of hydrogen-bond donors (Lipinski definition) is 1. The number of nitrogen functional groups attached to an aromatic ring is 1. The second-order valence-corrected chi connectivity index (χ2v) is 5.23. The molecule has 2 fully saturated rings. The SMILES string of the molecule is Nc1ccc(N2CCC3(CC2)OCCO3)c2nonc12. The Morgan fingerprint density at radius 3 is 2.50 bits per heavy atom. The standard InChI is InChI=1S/C13H16N4O3/c14-9-1-2-10(12-11(9)15-20-16-12)17-5-3-13(4-6-17)18-7-8-19-13/h1-2H,3-8,14H2. The third-order valence-electron chi connectivity index (χ3n) is 4.10. The van der Waals surface area contributed by atoms with Crippen molar-refractivity contribution < 1.29 is 14.1 Å². The molecular formula is C13H16N4O3. The average molecular weight is 276 g/mol. The number of piperidine rings is 1. The van der Waals surface area contributed by atoms with Crippen LogP contribution in [0.2, 0.25) is 0 Å². The first-order valence-corrected chi connectivity index (χ1v) is 6.81. The summed E-state index contributed by atoms with van der Waals surface area (Å²) in [5, 5.41) is 7.83. The lowest BCUT2D eigenvalue weighted by Gasteiger charge is -2.38. The zero-order valence-electron chi connectivity index (χ0n) is 11.0. The monoisotopic (exact) mass is 276 g/mol. The number of benzene rings is 1. The fourth-order valence-electron chi connectivity index (χ4n) is 3.00. The maximum Gasteiger partial charge on any atom is 0.171 e. The van der Waals surface area contributed by atoms with Crippen LogP contribution >= 0.6 is 0 Å². The second-order valence-electron chi connectivity index (χ2n) is 5.23. The minimum atomic E-state index is -0.370. The van der Waals surface area contributed by atoms with E-state index in [4.69, 9.17) is 19.8 Å². The molecule has 7 heteroatoms. The molecule has 1 aromatic carbocycles. The summed E-state index contributed by atoms with van der Waals surface area (Å²) in [6.45, 7) is 3.09. The number of hydrogen-bond acceptors (Lipinski definition) is 7. The number of anilines is 2.